The number of hydrogen-bond donors (Lipinski definition) is 1. The zero-order valence-electron chi connectivity index (χ0n) is 7.57. The van der Waals surface area contributed by atoms with Gasteiger partial charge in [-0.25, -0.2) is 4.98 Å². The molecule has 0 amide bonds. The lowest BCUT2D eigenvalue weighted by Crippen LogP contribution is -2.35. The van der Waals surface area contributed by atoms with Crippen LogP contribution in [0, 0.1) is 5.95 Å². The molecule has 78 valence electrons. The van der Waals surface area contributed by atoms with Gasteiger partial charge in [-0.05, 0) is 6.07 Å². The van der Waals surface area contributed by atoms with Crippen molar-refractivity contribution in [1.82, 2.24) is 10.3 Å². The zero-order valence-corrected chi connectivity index (χ0v) is 8.39. The molecule has 0 radical (unpaired) electrons. The van der Waals surface area contributed by atoms with E-state index >= 15 is 0 Å². The Hall–Kier alpha value is -0.710. The van der Waals surface area contributed by atoms with Gasteiger partial charge in [-0.3, -0.25) is 0 Å². The van der Waals surface area contributed by atoms with Gasteiger partial charge in [0.2, 0.25) is 5.95 Å². The standard InChI is InChI=1S/C9H11FN2O.ClH/c10-9-7(2-1-3-12-9)8-6-13-5-4-11-8;/h1-3,8,11H,4-6H2;1H/t8-;/m1./s1. The summed E-state index contributed by atoms with van der Waals surface area (Å²) in [5.74, 6) is -0.412. The van der Waals surface area contributed by atoms with Gasteiger partial charge in [0.15, 0.2) is 0 Å². The molecule has 3 nitrogen and oxygen atoms in total. The van der Waals surface area contributed by atoms with Crippen molar-refractivity contribution in [3.05, 3.63) is 29.8 Å². The van der Waals surface area contributed by atoms with Crippen LogP contribution in [0.5, 0.6) is 0 Å². The summed E-state index contributed by atoms with van der Waals surface area (Å²) in [6.07, 6.45) is 1.45. The third-order valence-corrected chi connectivity index (χ3v) is 2.09. The van der Waals surface area contributed by atoms with E-state index in [0.29, 0.717) is 18.8 Å². The van der Waals surface area contributed by atoms with E-state index in [0.717, 1.165) is 6.54 Å². The second-order valence-corrected chi connectivity index (χ2v) is 2.97. The molecule has 0 bridgehead atoms. The first-order valence-corrected chi connectivity index (χ1v) is 4.29. The first kappa shape index (κ1) is 11.4. The maximum absolute atomic E-state index is 13.2. The molecule has 1 aliphatic rings. The number of rotatable bonds is 1. The largest absolute Gasteiger partial charge is 0.378 e. The van der Waals surface area contributed by atoms with Gasteiger partial charge in [-0.1, -0.05) is 6.07 Å². The summed E-state index contributed by atoms with van der Waals surface area (Å²) >= 11 is 0. The van der Waals surface area contributed by atoms with Gasteiger partial charge >= 0.3 is 0 Å². The van der Waals surface area contributed by atoms with Crippen molar-refractivity contribution in [2.24, 2.45) is 0 Å². The Morgan fingerprint density at radius 1 is 1.57 bits per heavy atom. The van der Waals surface area contributed by atoms with E-state index < -0.39 is 5.95 Å². The molecule has 1 saturated heterocycles. The number of nitrogens with zero attached hydrogens (tertiary/aromatic N) is 1. The lowest BCUT2D eigenvalue weighted by molar-refractivity contribution is 0.0755. The molecule has 5 heteroatoms. The summed E-state index contributed by atoms with van der Waals surface area (Å²) in [6, 6.07) is 3.41. The number of nitrogens with one attached hydrogen (secondary N) is 1. The van der Waals surface area contributed by atoms with Crippen LogP contribution in [0.4, 0.5) is 4.39 Å². The van der Waals surface area contributed by atoms with Crippen LogP contribution in [0.1, 0.15) is 11.6 Å². The van der Waals surface area contributed by atoms with E-state index in [2.05, 4.69) is 10.3 Å². The maximum Gasteiger partial charge on any atom is 0.217 e. The van der Waals surface area contributed by atoms with Gasteiger partial charge in [0.05, 0.1) is 19.3 Å². The smallest absolute Gasteiger partial charge is 0.217 e. The van der Waals surface area contributed by atoms with Crippen LogP contribution in [0.25, 0.3) is 0 Å². The molecule has 0 aliphatic carbocycles. The van der Waals surface area contributed by atoms with Crippen LogP contribution in [-0.2, 0) is 4.74 Å². The van der Waals surface area contributed by atoms with E-state index in [9.17, 15) is 4.39 Å². The minimum absolute atomic E-state index is 0. The topological polar surface area (TPSA) is 34.1 Å². The number of ether oxygens (including phenoxy) is 1. The molecule has 1 fully saturated rings. The molecular formula is C9H12ClFN2O. The highest BCUT2D eigenvalue weighted by molar-refractivity contribution is 5.85. The number of halogens is 2. The van der Waals surface area contributed by atoms with Crippen LogP contribution < -0.4 is 5.32 Å². The average Bonchev–Trinajstić information content (AvgIpc) is 2.20. The molecule has 0 saturated carbocycles. The lowest BCUT2D eigenvalue weighted by atomic mass is 10.1. The maximum atomic E-state index is 13.2. The quantitative estimate of drug-likeness (QED) is 0.722. The van der Waals surface area contributed by atoms with E-state index in [4.69, 9.17) is 4.74 Å². The molecular weight excluding hydrogens is 207 g/mol. The number of aromatic nitrogens is 1. The van der Waals surface area contributed by atoms with Crippen LogP contribution in [0.15, 0.2) is 18.3 Å². The Morgan fingerprint density at radius 2 is 2.43 bits per heavy atom. The third-order valence-electron chi connectivity index (χ3n) is 2.09. The molecule has 1 atom stereocenters. The number of morpholine rings is 1. The highest BCUT2D eigenvalue weighted by atomic mass is 35.5. The Morgan fingerprint density at radius 3 is 3.07 bits per heavy atom. The van der Waals surface area contributed by atoms with E-state index in [-0.39, 0.29) is 18.4 Å². The Kier molecular flexibility index (Phi) is 4.25. The zero-order chi connectivity index (χ0) is 9.10. The summed E-state index contributed by atoms with van der Waals surface area (Å²) < 4.78 is 18.4. The van der Waals surface area contributed by atoms with Crippen molar-refractivity contribution in [2.45, 2.75) is 6.04 Å². The molecule has 0 aromatic carbocycles. The number of pyridine rings is 1. The summed E-state index contributed by atoms with van der Waals surface area (Å²) in [6.45, 7) is 1.97. The predicted molar refractivity (Wildman–Crippen MR) is 53.0 cm³/mol. The summed E-state index contributed by atoms with van der Waals surface area (Å²) in [5, 5.41) is 3.17. The van der Waals surface area contributed by atoms with Crippen molar-refractivity contribution in [3.63, 3.8) is 0 Å². The fourth-order valence-electron chi connectivity index (χ4n) is 1.42. The van der Waals surface area contributed by atoms with Crippen LogP contribution in [0.2, 0.25) is 0 Å². The minimum atomic E-state index is -0.412. The van der Waals surface area contributed by atoms with Gasteiger partial charge in [-0.2, -0.15) is 4.39 Å². The molecule has 1 aliphatic heterocycles. The van der Waals surface area contributed by atoms with Crippen molar-refractivity contribution in [1.29, 1.82) is 0 Å². The van der Waals surface area contributed by atoms with Crippen LogP contribution in [0.3, 0.4) is 0 Å². The Bertz CT molecular complexity index is 292. The molecule has 1 aromatic rings. The summed E-state index contributed by atoms with van der Waals surface area (Å²) in [7, 11) is 0. The molecule has 0 unspecified atom stereocenters. The van der Waals surface area contributed by atoms with Crippen molar-refractivity contribution in [3.8, 4) is 0 Å². The minimum Gasteiger partial charge on any atom is -0.378 e. The van der Waals surface area contributed by atoms with Crippen LogP contribution >= 0.6 is 12.4 Å². The normalized spacial score (nSPS) is 21.4. The summed E-state index contributed by atoms with van der Waals surface area (Å²) in [5.41, 5.74) is 0.585. The van der Waals surface area contributed by atoms with Crippen molar-refractivity contribution < 1.29 is 9.13 Å². The monoisotopic (exact) mass is 218 g/mol. The predicted octanol–water partition coefficient (Wildman–Crippen LogP) is 1.30. The first-order chi connectivity index (χ1) is 6.38. The Labute approximate surface area is 88.1 Å². The molecule has 2 heterocycles. The fourth-order valence-corrected chi connectivity index (χ4v) is 1.42. The van der Waals surface area contributed by atoms with Gasteiger partial charge in [-0.15, -0.1) is 12.4 Å². The molecule has 1 aromatic heterocycles. The molecule has 2 rings (SSSR count). The molecule has 1 N–H and O–H groups in total. The van der Waals surface area contributed by atoms with Gasteiger partial charge < -0.3 is 10.1 Å². The molecule has 14 heavy (non-hydrogen) atoms. The van der Waals surface area contributed by atoms with E-state index in [1.54, 1.807) is 12.1 Å². The van der Waals surface area contributed by atoms with E-state index in [1.807, 2.05) is 0 Å². The SMILES string of the molecule is Cl.Fc1ncccc1[C@H]1COCCN1. The van der Waals surface area contributed by atoms with Gasteiger partial charge in [0, 0.05) is 18.3 Å². The number of hydrogen-bond acceptors (Lipinski definition) is 3. The summed E-state index contributed by atoms with van der Waals surface area (Å²) in [4.78, 5) is 3.59. The highest BCUT2D eigenvalue weighted by Crippen LogP contribution is 2.16. The highest BCUT2D eigenvalue weighted by Gasteiger charge is 2.18. The molecule has 0 spiro atoms. The lowest BCUT2D eigenvalue weighted by Gasteiger charge is -2.23. The van der Waals surface area contributed by atoms with Gasteiger partial charge in [0.25, 0.3) is 0 Å². The fraction of sp³-hybridized carbons (Fsp3) is 0.444. The first-order valence-electron chi connectivity index (χ1n) is 4.29. The van der Waals surface area contributed by atoms with Crippen molar-refractivity contribution >= 4 is 12.4 Å². The van der Waals surface area contributed by atoms with Crippen LogP contribution in [-0.4, -0.2) is 24.7 Å². The second-order valence-electron chi connectivity index (χ2n) is 2.97. The second kappa shape index (κ2) is 5.24. The van der Waals surface area contributed by atoms with Crippen molar-refractivity contribution in [2.75, 3.05) is 19.8 Å². The third kappa shape index (κ3) is 2.41. The van der Waals surface area contributed by atoms with Gasteiger partial charge in [0.1, 0.15) is 0 Å². The van der Waals surface area contributed by atoms with E-state index in [1.165, 1.54) is 6.20 Å². The average molecular weight is 219 g/mol. The Balaban J connectivity index is 0.000000980.